The molecule has 0 aliphatic carbocycles. The van der Waals surface area contributed by atoms with Crippen molar-refractivity contribution in [3.8, 4) is 22.6 Å². The fourth-order valence-electron chi connectivity index (χ4n) is 3.90. The van der Waals surface area contributed by atoms with E-state index < -0.39 is 15.3 Å². The molecular formula is C26H32N2O5S. The van der Waals surface area contributed by atoms with E-state index in [9.17, 15) is 13.2 Å². The lowest BCUT2D eigenvalue weighted by Crippen LogP contribution is -2.22. The lowest BCUT2D eigenvalue weighted by molar-refractivity contribution is 0.0516. The number of aromatic nitrogens is 1. The van der Waals surface area contributed by atoms with Crippen molar-refractivity contribution >= 4 is 21.7 Å². The number of nitrogens with zero attached hydrogens (tertiary/aromatic N) is 1. The summed E-state index contributed by atoms with van der Waals surface area (Å²) in [5.41, 5.74) is 4.85. The molecule has 1 N–H and O–H groups in total. The molecule has 0 radical (unpaired) electrons. The van der Waals surface area contributed by atoms with Gasteiger partial charge in [0.25, 0.3) is 0 Å². The van der Waals surface area contributed by atoms with Crippen molar-refractivity contribution in [2.24, 2.45) is 7.05 Å². The molecule has 0 saturated heterocycles. The Morgan fingerprint density at radius 2 is 1.74 bits per heavy atom. The quantitative estimate of drug-likeness (QED) is 0.395. The van der Waals surface area contributed by atoms with E-state index in [1.807, 2.05) is 42.8 Å². The van der Waals surface area contributed by atoms with Crippen LogP contribution in [0, 0.1) is 6.92 Å². The molecular weight excluding hydrogens is 452 g/mol. The van der Waals surface area contributed by atoms with Crippen molar-refractivity contribution < 1.29 is 22.7 Å². The van der Waals surface area contributed by atoms with Gasteiger partial charge in [0.05, 0.1) is 17.5 Å². The van der Waals surface area contributed by atoms with Gasteiger partial charge in [-0.3, -0.25) is 4.72 Å². The number of hydrogen-bond donors (Lipinski definition) is 1. The van der Waals surface area contributed by atoms with E-state index in [1.54, 1.807) is 45.0 Å². The van der Waals surface area contributed by atoms with Crippen LogP contribution in [-0.4, -0.2) is 30.8 Å². The fourth-order valence-corrected chi connectivity index (χ4v) is 4.59. The Morgan fingerprint density at radius 3 is 2.32 bits per heavy atom. The molecule has 0 saturated carbocycles. The van der Waals surface area contributed by atoms with Gasteiger partial charge in [-0.15, -0.1) is 0 Å². The Kier molecular flexibility index (Phi) is 7.71. The zero-order chi connectivity index (χ0) is 25.0. The van der Waals surface area contributed by atoms with Crippen LogP contribution in [0.4, 0.5) is 5.69 Å². The number of ether oxygens (including phenoxy) is 2. The summed E-state index contributed by atoms with van der Waals surface area (Å²) in [5, 5.41) is -0.543. The predicted molar refractivity (Wildman–Crippen MR) is 135 cm³/mol. The first kappa shape index (κ1) is 25.4. The summed E-state index contributed by atoms with van der Waals surface area (Å²) in [4.78, 5) is 12.7. The van der Waals surface area contributed by atoms with Gasteiger partial charge in [-0.1, -0.05) is 25.1 Å². The average Bonchev–Trinajstić information content (AvgIpc) is 3.03. The van der Waals surface area contributed by atoms with E-state index in [1.165, 1.54) is 0 Å². The Balaban J connectivity index is 1.89. The normalized spacial score (nSPS) is 11.5. The number of nitrogens with one attached hydrogen (secondary N) is 1. The van der Waals surface area contributed by atoms with Crippen molar-refractivity contribution in [2.45, 2.75) is 46.3 Å². The fraction of sp³-hybridized carbons (Fsp3) is 0.346. The van der Waals surface area contributed by atoms with Crippen LogP contribution in [0.15, 0.2) is 48.5 Å². The van der Waals surface area contributed by atoms with Gasteiger partial charge in [-0.05, 0) is 69.5 Å². The molecule has 0 bridgehead atoms. The zero-order valence-electron chi connectivity index (χ0n) is 20.5. The minimum atomic E-state index is -3.45. The Labute approximate surface area is 201 Å². The lowest BCUT2D eigenvalue weighted by Gasteiger charge is -2.12. The highest BCUT2D eigenvalue weighted by molar-refractivity contribution is 7.93. The number of hydrogen-bond acceptors (Lipinski definition) is 5. The van der Waals surface area contributed by atoms with Gasteiger partial charge in [0.2, 0.25) is 10.0 Å². The number of rotatable bonds is 9. The second kappa shape index (κ2) is 10.3. The molecule has 0 atom stereocenters. The molecule has 34 heavy (non-hydrogen) atoms. The van der Waals surface area contributed by atoms with Crippen molar-refractivity contribution in [3.05, 3.63) is 65.5 Å². The van der Waals surface area contributed by atoms with Crippen LogP contribution in [0.5, 0.6) is 11.5 Å². The SMILES string of the molecule is CCOC(=O)c1c(-c2ccc(Oc3cccc(NS(=O)(=O)C(C)C)c3)cc2)c(C)c(CC)n1C. The monoisotopic (exact) mass is 484 g/mol. The van der Waals surface area contributed by atoms with Gasteiger partial charge < -0.3 is 14.0 Å². The number of esters is 1. The summed E-state index contributed by atoms with van der Waals surface area (Å²) in [6.45, 7) is 9.43. The predicted octanol–water partition coefficient (Wildman–Crippen LogP) is 5.68. The lowest BCUT2D eigenvalue weighted by atomic mass is 10.0. The summed E-state index contributed by atoms with van der Waals surface area (Å²) in [6, 6.07) is 14.3. The Bertz CT molecular complexity index is 1280. The molecule has 0 amide bonds. The maximum absolute atomic E-state index is 12.7. The molecule has 7 nitrogen and oxygen atoms in total. The third kappa shape index (κ3) is 5.28. The first-order chi connectivity index (χ1) is 16.1. The topological polar surface area (TPSA) is 86.6 Å². The molecule has 0 aliphatic heterocycles. The van der Waals surface area contributed by atoms with E-state index >= 15 is 0 Å². The van der Waals surface area contributed by atoms with Crippen LogP contribution in [0.3, 0.4) is 0 Å². The third-order valence-corrected chi connectivity index (χ3v) is 7.44. The highest BCUT2D eigenvalue weighted by Gasteiger charge is 2.24. The summed E-state index contributed by atoms with van der Waals surface area (Å²) < 4.78 is 40.0. The molecule has 0 fully saturated rings. The summed E-state index contributed by atoms with van der Waals surface area (Å²) in [5.74, 6) is 0.756. The summed E-state index contributed by atoms with van der Waals surface area (Å²) >= 11 is 0. The first-order valence-corrected chi connectivity index (χ1v) is 12.9. The van der Waals surface area contributed by atoms with Crippen LogP contribution in [0.25, 0.3) is 11.1 Å². The van der Waals surface area contributed by atoms with Gasteiger partial charge >= 0.3 is 5.97 Å². The number of sulfonamides is 1. The molecule has 3 rings (SSSR count). The smallest absolute Gasteiger partial charge is 0.355 e. The molecule has 8 heteroatoms. The van der Waals surface area contributed by atoms with Crippen LogP contribution in [0.2, 0.25) is 0 Å². The van der Waals surface area contributed by atoms with E-state index in [0.717, 1.165) is 28.8 Å². The molecule has 0 aliphatic rings. The molecule has 0 unspecified atom stereocenters. The van der Waals surface area contributed by atoms with Gasteiger partial charge in [0.15, 0.2) is 0 Å². The minimum Gasteiger partial charge on any atom is -0.461 e. The molecule has 182 valence electrons. The summed E-state index contributed by atoms with van der Waals surface area (Å²) in [6.07, 6.45) is 0.798. The van der Waals surface area contributed by atoms with Crippen molar-refractivity contribution in [1.82, 2.24) is 4.57 Å². The third-order valence-electron chi connectivity index (χ3n) is 5.68. The Morgan fingerprint density at radius 1 is 1.06 bits per heavy atom. The van der Waals surface area contributed by atoms with E-state index in [2.05, 4.69) is 11.6 Å². The summed E-state index contributed by atoms with van der Waals surface area (Å²) in [7, 11) is -1.56. The van der Waals surface area contributed by atoms with Gasteiger partial charge in [-0.2, -0.15) is 0 Å². The first-order valence-electron chi connectivity index (χ1n) is 11.3. The van der Waals surface area contributed by atoms with Crippen LogP contribution >= 0.6 is 0 Å². The minimum absolute atomic E-state index is 0.309. The molecule has 1 heterocycles. The molecule has 2 aromatic carbocycles. The Hall–Kier alpha value is -3.26. The highest BCUT2D eigenvalue weighted by Crippen LogP contribution is 2.34. The second-order valence-corrected chi connectivity index (χ2v) is 10.5. The highest BCUT2D eigenvalue weighted by atomic mass is 32.2. The van der Waals surface area contributed by atoms with Crippen LogP contribution in [-0.2, 0) is 28.2 Å². The van der Waals surface area contributed by atoms with Gasteiger partial charge in [-0.25, -0.2) is 13.2 Å². The molecule has 1 aromatic heterocycles. The van der Waals surface area contributed by atoms with E-state index in [4.69, 9.17) is 9.47 Å². The van der Waals surface area contributed by atoms with Gasteiger partial charge in [0, 0.05) is 24.4 Å². The van der Waals surface area contributed by atoms with Crippen molar-refractivity contribution in [3.63, 3.8) is 0 Å². The van der Waals surface area contributed by atoms with Crippen molar-refractivity contribution in [2.75, 3.05) is 11.3 Å². The van der Waals surface area contributed by atoms with Gasteiger partial charge in [0.1, 0.15) is 17.2 Å². The standard InChI is InChI=1S/C26H32N2O5S/c1-7-23-18(5)24(25(28(23)6)26(29)32-8-2)19-12-14-21(15-13-19)33-22-11-9-10-20(16-22)27-34(30,31)17(3)4/h9-17,27H,7-8H2,1-6H3. The molecule has 0 spiro atoms. The average molecular weight is 485 g/mol. The number of carbonyl (C=O) groups is 1. The largest absolute Gasteiger partial charge is 0.461 e. The van der Waals surface area contributed by atoms with Crippen molar-refractivity contribution in [1.29, 1.82) is 0 Å². The zero-order valence-corrected chi connectivity index (χ0v) is 21.3. The number of benzene rings is 2. The maximum atomic E-state index is 12.7. The van der Waals surface area contributed by atoms with Crippen LogP contribution < -0.4 is 9.46 Å². The van der Waals surface area contributed by atoms with E-state index in [-0.39, 0.29) is 5.97 Å². The van der Waals surface area contributed by atoms with Crippen LogP contribution in [0.1, 0.15) is 49.4 Å². The molecule has 3 aromatic rings. The maximum Gasteiger partial charge on any atom is 0.355 e. The number of anilines is 1. The number of carbonyl (C=O) groups excluding carboxylic acids is 1. The van der Waals surface area contributed by atoms with E-state index in [0.29, 0.717) is 29.5 Å². The second-order valence-electron chi connectivity index (χ2n) is 8.28.